The molecular formula is C21H26N2O. The van der Waals surface area contributed by atoms with Gasteiger partial charge in [-0.15, -0.1) is 0 Å². The second-order valence-corrected chi connectivity index (χ2v) is 7.00. The zero-order valence-electron chi connectivity index (χ0n) is 15.3. The van der Waals surface area contributed by atoms with E-state index in [9.17, 15) is 0 Å². The highest BCUT2D eigenvalue weighted by molar-refractivity contribution is 5.89. The number of ether oxygens (including phenoxy) is 1. The Bertz CT molecular complexity index is 844. The summed E-state index contributed by atoms with van der Waals surface area (Å²) < 4.78 is 8.35. The Morgan fingerprint density at radius 1 is 1.04 bits per heavy atom. The summed E-state index contributed by atoms with van der Waals surface area (Å²) in [6.45, 7) is 12.3. The highest BCUT2D eigenvalue weighted by Crippen LogP contribution is 2.31. The molecule has 0 aliphatic carbocycles. The van der Waals surface area contributed by atoms with Gasteiger partial charge in [0, 0.05) is 23.8 Å². The van der Waals surface area contributed by atoms with Gasteiger partial charge in [-0.25, -0.2) is 4.98 Å². The van der Waals surface area contributed by atoms with Gasteiger partial charge in [-0.1, -0.05) is 43.7 Å². The summed E-state index contributed by atoms with van der Waals surface area (Å²) in [5.74, 6) is 1.22. The van der Waals surface area contributed by atoms with Crippen molar-refractivity contribution in [3.05, 3.63) is 58.9 Å². The van der Waals surface area contributed by atoms with Gasteiger partial charge in [-0.05, 0) is 43.9 Å². The van der Waals surface area contributed by atoms with Crippen molar-refractivity contribution in [2.75, 3.05) is 6.61 Å². The molecule has 0 spiro atoms. The Hall–Kier alpha value is -2.29. The molecule has 2 aromatic heterocycles. The third kappa shape index (κ3) is 3.16. The molecule has 1 aromatic carbocycles. The second kappa shape index (κ2) is 6.68. The van der Waals surface area contributed by atoms with E-state index in [1.165, 1.54) is 27.8 Å². The van der Waals surface area contributed by atoms with Crippen LogP contribution in [0, 0.1) is 26.7 Å². The number of rotatable bonds is 5. The SMILES string of the molecule is Cc1ccc(Cn2c(C)c(C)c3ccnc(OCC(C)C)c32)cc1. The molecule has 0 bridgehead atoms. The summed E-state index contributed by atoms with van der Waals surface area (Å²) in [5, 5.41) is 1.23. The molecule has 0 fully saturated rings. The van der Waals surface area contributed by atoms with Gasteiger partial charge in [-0.2, -0.15) is 0 Å². The number of hydrogen-bond donors (Lipinski definition) is 0. The Balaban J connectivity index is 2.08. The summed E-state index contributed by atoms with van der Waals surface area (Å²) in [4.78, 5) is 4.51. The van der Waals surface area contributed by atoms with Crippen LogP contribution in [-0.2, 0) is 6.54 Å². The molecule has 0 radical (unpaired) electrons. The minimum Gasteiger partial charge on any atom is -0.476 e. The van der Waals surface area contributed by atoms with Crippen molar-refractivity contribution in [2.24, 2.45) is 5.92 Å². The second-order valence-electron chi connectivity index (χ2n) is 7.00. The zero-order valence-corrected chi connectivity index (χ0v) is 15.3. The first-order valence-electron chi connectivity index (χ1n) is 8.60. The molecule has 126 valence electrons. The molecule has 0 atom stereocenters. The smallest absolute Gasteiger partial charge is 0.238 e. The fourth-order valence-corrected chi connectivity index (χ4v) is 2.99. The van der Waals surface area contributed by atoms with Gasteiger partial charge >= 0.3 is 0 Å². The van der Waals surface area contributed by atoms with Crippen LogP contribution >= 0.6 is 0 Å². The van der Waals surface area contributed by atoms with Crippen LogP contribution in [0.5, 0.6) is 5.88 Å². The maximum atomic E-state index is 6.01. The first kappa shape index (κ1) is 16.6. The van der Waals surface area contributed by atoms with E-state index in [2.05, 4.69) is 74.5 Å². The predicted octanol–water partition coefficient (Wildman–Crippen LogP) is 5.04. The first-order valence-corrected chi connectivity index (χ1v) is 8.60. The Kier molecular flexibility index (Phi) is 4.61. The normalized spacial score (nSPS) is 11.4. The fraction of sp³-hybridized carbons (Fsp3) is 0.381. The van der Waals surface area contributed by atoms with Crippen LogP contribution in [0.2, 0.25) is 0 Å². The van der Waals surface area contributed by atoms with E-state index >= 15 is 0 Å². The molecular weight excluding hydrogens is 296 g/mol. The van der Waals surface area contributed by atoms with Crippen molar-refractivity contribution in [3.8, 4) is 5.88 Å². The topological polar surface area (TPSA) is 27.1 Å². The molecule has 0 unspecified atom stereocenters. The highest BCUT2D eigenvalue weighted by Gasteiger charge is 2.16. The average molecular weight is 322 g/mol. The van der Waals surface area contributed by atoms with Crippen molar-refractivity contribution in [3.63, 3.8) is 0 Å². The quantitative estimate of drug-likeness (QED) is 0.657. The molecule has 0 saturated heterocycles. The zero-order chi connectivity index (χ0) is 17.3. The minimum absolute atomic E-state index is 0.477. The molecule has 3 heteroatoms. The molecule has 2 heterocycles. The van der Waals surface area contributed by atoms with Gasteiger partial charge in [-0.3, -0.25) is 0 Å². The maximum absolute atomic E-state index is 6.01. The van der Waals surface area contributed by atoms with Crippen molar-refractivity contribution >= 4 is 10.9 Å². The van der Waals surface area contributed by atoms with Crippen LogP contribution in [0.3, 0.4) is 0 Å². The minimum atomic E-state index is 0.477. The number of pyridine rings is 1. The number of benzene rings is 1. The molecule has 0 aliphatic heterocycles. The summed E-state index contributed by atoms with van der Waals surface area (Å²) in [7, 11) is 0. The van der Waals surface area contributed by atoms with Gasteiger partial charge in [0.1, 0.15) is 5.52 Å². The third-order valence-electron chi connectivity index (χ3n) is 4.53. The lowest BCUT2D eigenvalue weighted by Gasteiger charge is -2.13. The number of aryl methyl sites for hydroxylation is 2. The maximum Gasteiger partial charge on any atom is 0.238 e. The van der Waals surface area contributed by atoms with Crippen molar-refractivity contribution in [1.82, 2.24) is 9.55 Å². The Morgan fingerprint density at radius 2 is 1.75 bits per heavy atom. The summed E-state index contributed by atoms with van der Waals surface area (Å²) >= 11 is 0. The van der Waals surface area contributed by atoms with Crippen LogP contribution in [0.25, 0.3) is 10.9 Å². The predicted molar refractivity (Wildman–Crippen MR) is 99.8 cm³/mol. The first-order chi connectivity index (χ1) is 11.5. The van der Waals surface area contributed by atoms with Gasteiger partial charge in [0.25, 0.3) is 0 Å². The van der Waals surface area contributed by atoms with Crippen molar-refractivity contribution < 1.29 is 4.74 Å². The number of fused-ring (bicyclic) bond motifs is 1. The van der Waals surface area contributed by atoms with E-state index in [1.807, 2.05) is 6.20 Å². The number of hydrogen-bond acceptors (Lipinski definition) is 2. The molecule has 3 aromatic rings. The summed E-state index contributed by atoms with van der Waals surface area (Å²) in [5.41, 5.74) is 6.25. The largest absolute Gasteiger partial charge is 0.476 e. The molecule has 0 N–H and O–H groups in total. The van der Waals surface area contributed by atoms with Crippen LogP contribution in [-0.4, -0.2) is 16.2 Å². The van der Waals surface area contributed by atoms with Crippen LogP contribution in [0.15, 0.2) is 36.5 Å². The molecule has 0 amide bonds. The van der Waals surface area contributed by atoms with Gasteiger partial charge in [0.2, 0.25) is 5.88 Å². The Labute approximate surface area is 144 Å². The van der Waals surface area contributed by atoms with E-state index in [0.717, 1.165) is 17.9 Å². The van der Waals surface area contributed by atoms with Crippen LogP contribution in [0.1, 0.15) is 36.2 Å². The van der Waals surface area contributed by atoms with E-state index < -0.39 is 0 Å². The van der Waals surface area contributed by atoms with E-state index in [0.29, 0.717) is 12.5 Å². The van der Waals surface area contributed by atoms with Gasteiger partial charge in [0.15, 0.2) is 0 Å². The highest BCUT2D eigenvalue weighted by atomic mass is 16.5. The van der Waals surface area contributed by atoms with Gasteiger partial charge < -0.3 is 9.30 Å². The van der Waals surface area contributed by atoms with E-state index in [1.54, 1.807) is 0 Å². The number of nitrogens with zero attached hydrogens (tertiary/aromatic N) is 2. The van der Waals surface area contributed by atoms with Crippen LogP contribution in [0.4, 0.5) is 0 Å². The lowest BCUT2D eigenvalue weighted by molar-refractivity contribution is 0.263. The fourth-order valence-electron chi connectivity index (χ4n) is 2.99. The van der Waals surface area contributed by atoms with Gasteiger partial charge in [0.05, 0.1) is 6.61 Å². The lowest BCUT2D eigenvalue weighted by atomic mass is 10.1. The lowest BCUT2D eigenvalue weighted by Crippen LogP contribution is -2.08. The van der Waals surface area contributed by atoms with Crippen molar-refractivity contribution in [1.29, 1.82) is 0 Å². The number of aromatic nitrogens is 2. The molecule has 3 nitrogen and oxygen atoms in total. The molecule has 3 rings (SSSR count). The van der Waals surface area contributed by atoms with E-state index in [-0.39, 0.29) is 0 Å². The van der Waals surface area contributed by atoms with Crippen LogP contribution < -0.4 is 4.74 Å². The Morgan fingerprint density at radius 3 is 2.42 bits per heavy atom. The third-order valence-corrected chi connectivity index (χ3v) is 4.53. The van der Waals surface area contributed by atoms with E-state index in [4.69, 9.17) is 4.74 Å². The molecule has 0 saturated carbocycles. The summed E-state index contributed by atoms with van der Waals surface area (Å²) in [6, 6.07) is 10.8. The summed E-state index contributed by atoms with van der Waals surface area (Å²) in [6.07, 6.45) is 1.85. The molecule has 24 heavy (non-hydrogen) atoms. The molecule has 0 aliphatic rings. The van der Waals surface area contributed by atoms with Crippen molar-refractivity contribution in [2.45, 2.75) is 41.2 Å². The standard InChI is InChI=1S/C21H26N2O/c1-14(2)13-24-21-20-19(10-11-22-21)16(4)17(5)23(20)12-18-8-6-15(3)7-9-18/h6-11,14H,12-13H2,1-5H3. The monoisotopic (exact) mass is 322 g/mol. The average Bonchev–Trinajstić information content (AvgIpc) is 2.80.